The molecular formula is C12H16O5. The minimum atomic E-state index is -1.73. The molecule has 1 unspecified atom stereocenters. The van der Waals surface area contributed by atoms with E-state index in [1.807, 2.05) is 0 Å². The second-order valence-electron chi connectivity index (χ2n) is 4.74. The quantitative estimate of drug-likeness (QED) is 0.640. The van der Waals surface area contributed by atoms with E-state index >= 15 is 0 Å². The lowest BCUT2D eigenvalue weighted by Gasteiger charge is -2.37. The molecule has 0 bridgehead atoms. The minimum absolute atomic E-state index is 0.141. The summed E-state index contributed by atoms with van der Waals surface area (Å²) in [6.45, 7) is 4.07. The van der Waals surface area contributed by atoms with Crippen LogP contribution in [0.4, 0.5) is 0 Å². The number of rotatable bonds is 3. The lowest BCUT2D eigenvalue weighted by molar-refractivity contribution is -0.164. The molecule has 0 saturated carbocycles. The summed E-state index contributed by atoms with van der Waals surface area (Å²) in [4.78, 5) is 11.1. The van der Waals surface area contributed by atoms with Crippen molar-refractivity contribution < 1.29 is 25.2 Å². The fourth-order valence-corrected chi connectivity index (χ4v) is 1.45. The smallest absolute Gasteiger partial charge is 0.312 e. The molecule has 5 heteroatoms. The summed E-state index contributed by atoms with van der Waals surface area (Å²) in [6.07, 6.45) is 0. The van der Waals surface area contributed by atoms with Crippen molar-refractivity contribution in [1.82, 2.24) is 0 Å². The van der Waals surface area contributed by atoms with E-state index in [0.717, 1.165) is 6.07 Å². The second-order valence-corrected chi connectivity index (χ2v) is 4.74. The first-order chi connectivity index (χ1) is 7.59. The van der Waals surface area contributed by atoms with E-state index in [1.165, 1.54) is 32.9 Å². The van der Waals surface area contributed by atoms with E-state index in [9.17, 15) is 20.1 Å². The molecule has 1 aromatic rings. The van der Waals surface area contributed by atoms with Gasteiger partial charge in [0, 0.05) is 6.07 Å². The van der Waals surface area contributed by atoms with E-state index in [0.29, 0.717) is 0 Å². The molecule has 4 N–H and O–H groups in total. The molecule has 94 valence electrons. The van der Waals surface area contributed by atoms with E-state index in [4.69, 9.17) is 5.11 Å². The van der Waals surface area contributed by atoms with Crippen molar-refractivity contribution in [1.29, 1.82) is 0 Å². The zero-order valence-corrected chi connectivity index (χ0v) is 9.93. The van der Waals surface area contributed by atoms with Gasteiger partial charge in [-0.1, -0.05) is 0 Å². The van der Waals surface area contributed by atoms with Gasteiger partial charge in [-0.15, -0.1) is 0 Å². The van der Waals surface area contributed by atoms with E-state index in [2.05, 4.69) is 0 Å². The van der Waals surface area contributed by atoms with Crippen molar-refractivity contribution >= 4 is 5.97 Å². The van der Waals surface area contributed by atoms with Crippen LogP contribution in [-0.4, -0.2) is 26.4 Å². The Kier molecular flexibility index (Phi) is 3.07. The van der Waals surface area contributed by atoms with Crippen molar-refractivity contribution in [2.75, 3.05) is 0 Å². The predicted molar refractivity (Wildman–Crippen MR) is 60.8 cm³/mol. The summed E-state index contributed by atoms with van der Waals surface area (Å²) in [5.41, 5.74) is -3.05. The van der Waals surface area contributed by atoms with Gasteiger partial charge in [-0.3, -0.25) is 4.79 Å². The Bertz CT molecular complexity index is 428. The van der Waals surface area contributed by atoms with Crippen molar-refractivity contribution in [2.45, 2.75) is 26.4 Å². The molecule has 1 rings (SSSR count). The largest absolute Gasteiger partial charge is 0.508 e. The van der Waals surface area contributed by atoms with Gasteiger partial charge in [0.15, 0.2) is 0 Å². The van der Waals surface area contributed by atoms with E-state index < -0.39 is 17.0 Å². The van der Waals surface area contributed by atoms with Gasteiger partial charge in [0.1, 0.15) is 17.1 Å². The topological polar surface area (TPSA) is 98.0 Å². The number of phenolic OH excluding ortho intramolecular Hbond substituents is 2. The van der Waals surface area contributed by atoms with Crippen LogP contribution in [0, 0.1) is 5.41 Å². The highest BCUT2D eigenvalue weighted by Crippen LogP contribution is 2.41. The summed E-state index contributed by atoms with van der Waals surface area (Å²) in [5.74, 6) is -1.65. The molecule has 0 aliphatic carbocycles. The first kappa shape index (κ1) is 13.3. The van der Waals surface area contributed by atoms with Crippen molar-refractivity contribution in [3.63, 3.8) is 0 Å². The third-order valence-electron chi connectivity index (χ3n) is 3.22. The van der Waals surface area contributed by atoms with Crippen LogP contribution < -0.4 is 0 Å². The maximum absolute atomic E-state index is 11.1. The van der Waals surface area contributed by atoms with E-state index in [1.54, 1.807) is 0 Å². The molecule has 0 amide bonds. The summed E-state index contributed by atoms with van der Waals surface area (Å²) in [5, 5.41) is 38.1. The Morgan fingerprint density at radius 2 is 1.47 bits per heavy atom. The molecule has 0 fully saturated rings. The molecule has 0 aliphatic heterocycles. The van der Waals surface area contributed by atoms with Crippen LogP contribution in [-0.2, 0) is 10.4 Å². The van der Waals surface area contributed by atoms with Gasteiger partial charge in [0.05, 0.1) is 5.41 Å². The molecule has 17 heavy (non-hydrogen) atoms. The molecule has 0 radical (unpaired) electrons. The second kappa shape index (κ2) is 3.92. The number of phenols is 2. The lowest BCUT2D eigenvalue weighted by Crippen LogP contribution is -2.44. The predicted octanol–water partition coefficient (Wildman–Crippen LogP) is 1.42. The number of hydrogen-bond acceptors (Lipinski definition) is 4. The lowest BCUT2D eigenvalue weighted by atomic mass is 9.72. The molecule has 0 aliphatic rings. The first-order valence-electron chi connectivity index (χ1n) is 5.08. The highest BCUT2D eigenvalue weighted by Gasteiger charge is 2.47. The minimum Gasteiger partial charge on any atom is -0.508 e. The molecule has 1 atom stereocenters. The average Bonchev–Trinajstić information content (AvgIpc) is 2.15. The summed E-state index contributed by atoms with van der Waals surface area (Å²) in [7, 11) is 0. The SMILES string of the molecule is CC(C)(C(=O)O)C(C)(O)c1cc(O)cc(O)c1. The number of carboxylic acids is 1. The van der Waals surface area contributed by atoms with Gasteiger partial charge in [-0.2, -0.15) is 0 Å². The molecule has 1 aromatic carbocycles. The Balaban J connectivity index is 3.35. The van der Waals surface area contributed by atoms with Crippen LogP contribution in [0.25, 0.3) is 0 Å². The van der Waals surface area contributed by atoms with Crippen molar-refractivity contribution in [3.05, 3.63) is 23.8 Å². The third-order valence-corrected chi connectivity index (χ3v) is 3.22. The van der Waals surface area contributed by atoms with E-state index in [-0.39, 0.29) is 17.1 Å². The number of aromatic hydroxyl groups is 2. The fourth-order valence-electron chi connectivity index (χ4n) is 1.45. The molecular weight excluding hydrogens is 224 g/mol. The Morgan fingerprint density at radius 1 is 1.06 bits per heavy atom. The summed E-state index contributed by atoms with van der Waals surface area (Å²) < 4.78 is 0. The molecule has 0 spiro atoms. The normalized spacial score (nSPS) is 15.3. The van der Waals surface area contributed by atoms with Crippen LogP contribution in [0.15, 0.2) is 18.2 Å². The first-order valence-corrected chi connectivity index (χ1v) is 5.08. The van der Waals surface area contributed by atoms with Gasteiger partial charge in [0.25, 0.3) is 0 Å². The molecule has 0 heterocycles. The zero-order valence-electron chi connectivity index (χ0n) is 9.93. The standard InChI is InChI=1S/C12H16O5/c1-11(2,10(15)16)12(3,17)7-4-8(13)6-9(14)5-7/h4-6,13-14,17H,1-3H3,(H,15,16). The van der Waals surface area contributed by atoms with Crippen molar-refractivity contribution in [2.24, 2.45) is 5.41 Å². The maximum Gasteiger partial charge on any atom is 0.312 e. The van der Waals surface area contributed by atoms with Gasteiger partial charge in [-0.25, -0.2) is 0 Å². The number of aliphatic carboxylic acids is 1. The maximum atomic E-state index is 11.1. The fraction of sp³-hybridized carbons (Fsp3) is 0.417. The number of aliphatic hydroxyl groups is 1. The van der Waals surface area contributed by atoms with Gasteiger partial charge < -0.3 is 20.4 Å². The third kappa shape index (κ3) is 2.19. The Morgan fingerprint density at radius 3 is 1.82 bits per heavy atom. The monoisotopic (exact) mass is 240 g/mol. The highest BCUT2D eigenvalue weighted by atomic mass is 16.4. The van der Waals surface area contributed by atoms with Crippen LogP contribution >= 0.6 is 0 Å². The highest BCUT2D eigenvalue weighted by molar-refractivity contribution is 5.75. The van der Waals surface area contributed by atoms with Crippen LogP contribution in [0.3, 0.4) is 0 Å². The van der Waals surface area contributed by atoms with Crippen LogP contribution in [0.5, 0.6) is 11.5 Å². The number of benzene rings is 1. The summed E-state index contributed by atoms with van der Waals surface area (Å²) >= 11 is 0. The number of carboxylic acid groups (broad SMARTS) is 1. The molecule has 0 saturated heterocycles. The average molecular weight is 240 g/mol. The van der Waals surface area contributed by atoms with Gasteiger partial charge >= 0.3 is 5.97 Å². The zero-order chi connectivity index (χ0) is 13.4. The van der Waals surface area contributed by atoms with Gasteiger partial charge in [0.2, 0.25) is 0 Å². The van der Waals surface area contributed by atoms with Crippen LogP contribution in [0.2, 0.25) is 0 Å². The van der Waals surface area contributed by atoms with Gasteiger partial charge in [-0.05, 0) is 38.5 Å². The molecule has 0 aromatic heterocycles. The Hall–Kier alpha value is -1.75. The number of carbonyl (C=O) groups is 1. The Labute approximate surface area is 99.0 Å². The number of hydrogen-bond donors (Lipinski definition) is 4. The summed E-state index contributed by atoms with van der Waals surface area (Å²) in [6, 6.07) is 3.56. The molecule has 5 nitrogen and oxygen atoms in total. The van der Waals surface area contributed by atoms with Crippen LogP contribution in [0.1, 0.15) is 26.3 Å². The van der Waals surface area contributed by atoms with Crippen molar-refractivity contribution in [3.8, 4) is 11.5 Å².